The van der Waals surface area contributed by atoms with Crippen molar-refractivity contribution in [3.8, 4) is 0 Å². The van der Waals surface area contributed by atoms with Gasteiger partial charge < -0.3 is 10.2 Å². The van der Waals surface area contributed by atoms with E-state index >= 15 is 0 Å². The molecule has 2 rings (SSSR count). The van der Waals surface area contributed by atoms with Crippen LogP contribution in [-0.4, -0.2) is 28.8 Å². The molecule has 0 aromatic carbocycles. The van der Waals surface area contributed by atoms with Gasteiger partial charge in [0.1, 0.15) is 5.54 Å². The van der Waals surface area contributed by atoms with Crippen LogP contribution in [0.2, 0.25) is 0 Å². The van der Waals surface area contributed by atoms with E-state index < -0.39 is 5.54 Å². The minimum absolute atomic E-state index is 0.00426. The normalized spacial score (nSPS) is 23.6. The predicted octanol–water partition coefficient (Wildman–Crippen LogP) is 1.94. The number of thiophene rings is 1. The fourth-order valence-electron chi connectivity index (χ4n) is 2.31. The molecule has 2 amide bonds. The van der Waals surface area contributed by atoms with Crippen molar-refractivity contribution < 1.29 is 9.59 Å². The summed E-state index contributed by atoms with van der Waals surface area (Å²) in [6.45, 7) is 6.54. The number of aryl methyl sites for hydroxylation is 1. The second-order valence-corrected chi connectivity index (χ2v) is 6.26. The first-order chi connectivity index (χ1) is 9.01. The van der Waals surface area contributed by atoms with Gasteiger partial charge in [0, 0.05) is 9.75 Å². The Balaban J connectivity index is 2.23. The quantitative estimate of drug-likeness (QED) is 0.916. The Hall–Kier alpha value is -1.36. The number of nitrogens with zero attached hydrogens (tertiary/aromatic N) is 1. The lowest BCUT2D eigenvalue weighted by Crippen LogP contribution is -2.65. The first-order valence-electron chi connectivity index (χ1n) is 6.67. The summed E-state index contributed by atoms with van der Waals surface area (Å²) in [6, 6.07) is 4.15. The molecule has 0 spiro atoms. The van der Waals surface area contributed by atoms with Crippen LogP contribution in [0.15, 0.2) is 12.1 Å². The van der Waals surface area contributed by atoms with Crippen LogP contribution in [0, 0.1) is 0 Å². The highest BCUT2D eigenvalue weighted by molar-refractivity contribution is 7.11. The highest BCUT2D eigenvalue weighted by Gasteiger charge is 2.44. The van der Waals surface area contributed by atoms with Crippen LogP contribution in [0.5, 0.6) is 0 Å². The lowest BCUT2D eigenvalue weighted by Gasteiger charge is -2.42. The summed E-state index contributed by atoms with van der Waals surface area (Å²) in [5.41, 5.74) is -0.730. The van der Waals surface area contributed by atoms with E-state index in [0.29, 0.717) is 13.0 Å². The first kappa shape index (κ1) is 14.1. The Bertz CT molecular complexity index is 497. The highest BCUT2D eigenvalue weighted by Crippen LogP contribution is 2.27. The van der Waals surface area contributed by atoms with Gasteiger partial charge in [-0.2, -0.15) is 0 Å². The molecule has 19 heavy (non-hydrogen) atoms. The Kier molecular flexibility index (Phi) is 3.94. The SMILES string of the molecule is CCc1ccc(CN2C(=O)CNC(=O)C2(C)CC)s1. The largest absolute Gasteiger partial charge is 0.345 e. The van der Waals surface area contributed by atoms with E-state index in [-0.39, 0.29) is 18.4 Å². The molecule has 1 N–H and O–H groups in total. The predicted molar refractivity (Wildman–Crippen MR) is 76.0 cm³/mol. The first-order valence-corrected chi connectivity index (χ1v) is 7.49. The number of amides is 2. The van der Waals surface area contributed by atoms with Crippen LogP contribution < -0.4 is 5.32 Å². The molecule has 0 radical (unpaired) electrons. The number of hydrogen-bond acceptors (Lipinski definition) is 3. The van der Waals surface area contributed by atoms with Crippen molar-refractivity contribution in [2.45, 2.75) is 45.7 Å². The average molecular weight is 280 g/mol. The summed E-state index contributed by atoms with van der Waals surface area (Å²) < 4.78 is 0. The molecule has 1 atom stereocenters. The molecule has 1 aliphatic rings. The number of hydrogen-bond donors (Lipinski definition) is 1. The smallest absolute Gasteiger partial charge is 0.246 e. The number of carbonyl (C=O) groups excluding carboxylic acids is 2. The molecule has 1 aromatic heterocycles. The van der Waals surface area contributed by atoms with E-state index in [4.69, 9.17) is 0 Å². The van der Waals surface area contributed by atoms with Crippen molar-refractivity contribution in [2.75, 3.05) is 6.54 Å². The second kappa shape index (κ2) is 5.33. The van der Waals surface area contributed by atoms with Crippen molar-refractivity contribution >= 4 is 23.2 Å². The van der Waals surface area contributed by atoms with E-state index in [1.54, 1.807) is 16.2 Å². The van der Waals surface area contributed by atoms with Crippen molar-refractivity contribution in [1.82, 2.24) is 10.2 Å². The number of nitrogens with one attached hydrogen (secondary N) is 1. The average Bonchev–Trinajstić information content (AvgIpc) is 2.87. The molecule has 1 fully saturated rings. The van der Waals surface area contributed by atoms with Gasteiger partial charge in [0.2, 0.25) is 11.8 Å². The molecule has 2 heterocycles. The lowest BCUT2D eigenvalue weighted by atomic mass is 9.92. The van der Waals surface area contributed by atoms with E-state index in [2.05, 4.69) is 24.4 Å². The van der Waals surface area contributed by atoms with Crippen LogP contribution in [0.4, 0.5) is 0 Å². The van der Waals surface area contributed by atoms with Gasteiger partial charge >= 0.3 is 0 Å². The number of carbonyl (C=O) groups is 2. The molecule has 0 aliphatic carbocycles. The number of piperazine rings is 1. The van der Waals surface area contributed by atoms with Gasteiger partial charge in [-0.1, -0.05) is 13.8 Å². The standard InChI is InChI=1S/C14H20N2O2S/c1-4-10-6-7-11(19-10)9-16-12(17)8-15-13(18)14(16,3)5-2/h6-7H,4-5,8-9H2,1-3H3,(H,15,18). The van der Waals surface area contributed by atoms with Gasteiger partial charge in [0.05, 0.1) is 13.1 Å². The third kappa shape index (κ3) is 2.52. The zero-order valence-electron chi connectivity index (χ0n) is 11.7. The third-order valence-corrected chi connectivity index (χ3v) is 5.07. The van der Waals surface area contributed by atoms with E-state index in [9.17, 15) is 9.59 Å². The van der Waals surface area contributed by atoms with Crippen molar-refractivity contribution in [3.63, 3.8) is 0 Å². The summed E-state index contributed by atoms with van der Waals surface area (Å²) in [5.74, 6) is -0.0581. The van der Waals surface area contributed by atoms with Crippen LogP contribution in [-0.2, 0) is 22.6 Å². The highest BCUT2D eigenvalue weighted by atomic mass is 32.1. The molecule has 0 saturated carbocycles. The maximum Gasteiger partial charge on any atom is 0.246 e. The Labute approximate surface area is 117 Å². The maximum absolute atomic E-state index is 12.1. The zero-order chi connectivity index (χ0) is 14.0. The van der Waals surface area contributed by atoms with Crippen molar-refractivity contribution in [3.05, 3.63) is 21.9 Å². The van der Waals surface area contributed by atoms with Crippen molar-refractivity contribution in [2.24, 2.45) is 0 Å². The topological polar surface area (TPSA) is 49.4 Å². The van der Waals surface area contributed by atoms with Gasteiger partial charge in [-0.3, -0.25) is 9.59 Å². The number of rotatable bonds is 4. The molecular weight excluding hydrogens is 260 g/mol. The van der Waals surface area contributed by atoms with E-state index in [1.807, 2.05) is 13.8 Å². The minimum Gasteiger partial charge on any atom is -0.345 e. The van der Waals surface area contributed by atoms with Crippen molar-refractivity contribution in [1.29, 1.82) is 0 Å². The minimum atomic E-state index is -0.730. The van der Waals surface area contributed by atoms with E-state index in [1.165, 1.54) is 4.88 Å². The lowest BCUT2D eigenvalue weighted by molar-refractivity contribution is -0.153. The Morgan fingerprint density at radius 1 is 1.32 bits per heavy atom. The summed E-state index contributed by atoms with van der Waals surface area (Å²) in [6.07, 6.45) is 1.63. The molecule has 0 bridgehead atoms. The third-order valence-electron chi connectivity index (χ3n) is 3.85. The molecule has 1 aromatic rings. The van der Waals surface area contributed by atoms with Gasteiger partial charge in [-0.25, -0.2) is 0 Å². The fraction of sp³-hybridized carbons (Fsp3) is 0.571. The Morgan fingerprint density at radius 2 is 2.00 bits per heavy atom. The molecular formula is C14H20N2O2S. The van der Waals surface area contributed by atoms with Gasteiger partial charge in [-0.05, 0) is 31.9 Å². The van der Waals surface area contributed by atoms with Gasteiger partial charge in [0.25, 0.3) is 0 Å². The maximum atomic E-state index is 12.1. The fourth-order valence-corrected chi connectivity index (χ4v) is 3.25. The molecule has 1 saturated heterocycles. The van der Waals surface area contributed by atoms with Crippen LogP contribution in [0.25, 0.3) is 0 Å². The molecule has 1 unspecified atom stereocenters. The van der Waals surface area contributed by atoms with Crippen LogP contribution in [0.3, 0.4) is 0 Å². The molecule has 1 aliphatic heterocycles. The summed E-state index contributed by atoms with van der Waals surface area (Å²) in [4.78, 5) is 28.3. The Morgan fingerprint density at radius 3 is 2.58 bits per heavy atom. The van der Waals surface area contributed by atoms with E-state index in [0.717, 1.165) is 11.3 Å². The zero-order valence-corrected chi connectivity index (χ0v) is 12.5. The van der Waals surface area contributed by atoms with Gasteiger partial charge in [-0.15, -0.1) is 11.3 Å². The summed E-state index contributed by atoms with van der Waals surface area (Å²) in [5, 5.41) is 2.68. The summed E-state index contributed by atoms with van der Waals surface area (Å²) >= 11 is 1.72. The van der Waals surface area contributed by atoms with Crippen LogP contribution in [0.1, 0.15) is 36.9 Å². The molecule has 104 valence electrons. The molecule has 5 heteroatoms. The molecule has 4 nitrogen and oxygen atoms in total. The second-order valence-electron chi connectivity index (χ2n) is 5.01. The monoisotopic (exact) mass is 280 g/mol. The van der Waals surface area contributed by atoms with Crippen LogP contribution >= 0.6 is 11.3 Å². The van der Waals surface area contributed by atoms with Gasteiger partial charge in [0.15, 0.2) is 0 Å². The summed E-state index contributed by atoms with van der Waals surface area (Å²) in [7, 11) is 0.